The number of hydrogen-bond donors (Lipinski definition) is 2. The van der Waals surface area contributed by atoms with Gasteiger partial charge in [0.15, 0.2) is 0 Å². The molecule has 0 spiro atoms. The minimum Gasteiger partial charge on any atom is -0.480 e. The van der Waals surface area contributed by atoms with Gasteiger partial charge in [-0.05, 0) is 54.4 Å². The van der Waals surface area contributed by atoms with Crippen molar-refractivity contribution in [2.45, 2.75) is 38.8 Å². The number of amides is 1. The van der Waals surface area contributed by atoms with E-state index in [0.29, 0.717) is 5.56 Å². The molecule has 0 aliphatic heterocycles. The van der Waals surface area contributed by atoms with E-state index in [1.165, 1.54) is 18.2 Å². The Morgan fingerprint density at radius 2 is 2.05 bits per heavy atom. The van der Waals surface area contributed by atoms with Crippen LogP contribution < -0.4 is 5.32 Å². The number of benzene rings is 1. The van der Waals surface area contributed by atoms with Gasteiger partial charge in [0.25, 0.3) is 0 Å². The number of carbonyl (C=O) groups excluding carboxylic acids is 1. The molecule has 1 aromatic rings. The number of alkyl carbamates (subject to hydrolysis) is 1. The number of nitrogens with one attached hydrogen (secondary N) is 1. The lowest BCUT2D eigenvalue weighted by Crippen LogP contribution is -2.44. The van der Waals surface area contributed by atoms with Crippen molar-refractivity contribution in [2.75, 3.05) is 0 Å². The molecular formula is C14H17BrFNO4. The van der Waals surface area contributed by atoms with Crippen molar-refractivity contribution in [3.8, 4) is 0 Å². The fourth-order valence-corrected chi connectivity index (χ4v) is 1.98. The Balaban J connectivity index is 2.76. The molecule has 1 rings (SSSR count). The Kier molecular flexibility index (Phi) is 5.71. The van der Waals surface area contributed by atoms with Crippen molar-refractivity contribution >= 4 is 28.0 Å². The average molecular weight is 362 g/mol. The van der Waals surface area contributed by atoms with E-state index >= 15 is 0 Å². The molecule has 5 nitrogen and oxygen atoms in total. The minimum atomic E-state index is -1.19. The number of rotatable bonds is 4. The normalized spacial score (nSPS) is 12.6. The van der Waals surface area contributed by atoms with Gasteiger partial charge < -0.3 is 15.2 Å². The Bertz CT molecular complexity index is 542. The molecule has 1 aromatic carbocycles. The van der Waals surface area contributed by atoms with Crippen LogP contribution in [0, 0.1) is 5.82 Å². The molecular weight excluding hydrogens is 345 g/mol. The van der Waals surface area contributed by atoms with E-state index in [-0.39, 0.29) is 10.9 Å². The van der Waals surface area contributed by atoms with Crippen LogP contribution in [0.25, 0.3) is 0 Å². The van der Waals surface area contributed by atoms with Gasteiger partial charge in [0, 0.05) is 6.42 Å². The van der Waals surface area contributed by atoms with Gasteiger partial charge in [-0.2, -0.15) is 0 Å². The van der Waals surface area contributed by atoms with E-state index < -0.39 is 29.5 Å². The summed E-state index contributed by atoms with van der Waals surface area (Å²) >= 11 is 3.03. The van der Waals surface area contributed by atoms with Gasteiger partial charge in [-0.25, -0.2) is 14.0 Å². The minimum absolute atomic E-state index is 0.0213. The molecule has 0 aliphatic carbocycles. The third kappa shape index (κ3) is 6.12. The molecule has 0 unspecified atom stereocenters. The Labute approximate surface area is 130 Å². The van der Waals surface area contributed by atoms with E-state index in [0.717, 1.165) is 0 Å². The molecule has 116 valence electrons. The zero-order valence-electron chi connectivity index (χ0n) is 11.9. The average Bonchev–Trinajstić information content (AvgIpc) is 2.30. The first-order valence-electron chi connectivity index (χ1n) is 6.25. The molecule has 1 atom stereocenters. The summed E-state index contributed by atoms with van der Waals surface area (Å²) in [7, 11) is 0. The maximum Gasteiger partial charge on any atom is 0.408 e. The molecule has 1 amide bonds. The molecule has 0 aliphatic rings. The summed E-state index contributed by atoms with van der Waals surface area (Å²) in [6.07, 6.45) is -0.788. The number of ether oxygens (including phenoxy) is 1. The van der Waals surface area contributed by atoms with Gasteiger partial charge in [-0.15, -0.1) is 0 Å². The first kappa shape index (κ1) is 17.4. The van der Waals surface area contributed by atoms with Crippen LogP contribution in [0.15, 0.2) is 22.7 Å². The molecule has 0 radical (unpaired) electrons. The van der Waals surface area contributed by atoms with E-state index in [4.69, 9.17) is 9.84 Å². The molecule has 0 saturated heterocycles. The van der Waals surface area contributed by atoms with Gasteiger partial charge in [0.05, 0.1) is 4.47 Å². The lowest BCUT2D eigenvalue weighted by atomic mass is 10.1. The zero-order chi connectivity index (χ0) is 16.2. The van der Waals surface area contributed by atoms with Crippen LogP contribution in [0.1, 0.15) is 26.3 Å². The Morgan fingerprint density at radius 3 is 2.52 bits per heavy atom. The first-order chi connectivity index (χ1) is 9.58. The largest absolute Gasteiger partial charge is 0.480 e. The van der Waals surface area contributed by atoms with Crippen LogP contribution >= 0.6 is 15.9 Å². The Hall–Kier alpha value is -1.63. The highest BCUT2D eigenvalue weighted by Gasteiger charge is 2.24. The lowest BCUT2D eigenvalue weighted by molar-refractivity contribution is -0.139. The van der Waals surface area contributed by atoms with E-state index in [1.807, 2.05) is 0 Å². The van der Waals surface area contributed by atoms with E-state index in [2.05, 4.69) is 21.2 Å². The van der Waals surface area contributed by atoms with E-state index in [9.17, 15) is 14.0 Å². The standard InChI is InChI=1S/C14H17BrFNO4/c1-14(2,3)21-13(20)17-11(12(18)19)7-8-4-5-10(16)9(15)6-8/h4-6,11H,7H2,1-3H3,(H,17,20)(H,18,19)/t11-/m0/s1. The van der Waals surface area contributed by atoms with E-state index in [1.54, 1.807) is 20.8 Å². The van der Waals surface area contributed by atoms with Gasteiger partial charge >= 0.3 is 12.1 Å². The number of carboxylic acid groups (broad SMARTS) is 1. The highest BCUT2D eigenvalue weighted by molar-refractivity contribution is 9.10. The second-order valence-corrected chi connectivity index (χ2v) is 6.34. The van der Waals surface area contributed by atoms with Gasteiger partial charge in [0.2, 0.25) is 0 Å². The monoisotopic (exact) mass is 361 g/mol. The van der Waals surface area contributed by atoms with Gasteiger partial charge in [0.1, 0.15) is 17.5 Å². The van der Waals surface area contributed by atoms with Crippen LogP contribution in [0.2, 0.25) is 0 Å². The molecule has 7 heteroatoms. The summed E-state index contributed by atoms with van der Waals surface area (Å²) in [5.74, 6) is -1.63. The summed E-state index contributed by atoms with van der Waals surface area (Å²) in [5.41, 5.74) is -0.141. The van der Waals surface area contributed by atoms with Crippen molar-refractivity contribution < 1.29 is 23.8 Å². The fourth-order valence-electron chi connectivity index (χ4n) is 1.55. The zero-order valence-corrected chi connectivity index (χ0v) is 13.5. The highest BCUT2D eigenvalue weighted by atomic mass is 79.9. The summed E-state index contributed by atoms with van der Waals surface area (Å²) in [6, 6.07) is 3.01. The molecule has 21 heavy (non-hydrogen) atoms. The number of carbonyl (C=O) groups is 2. The van der Waals surface area contributed by atoms with Gasteiger partial charge in [-0.3, -0.25) is 0 Å². The number of aliphatic carboxylic acids is 1. The molecule has 0 fully saturated rings. The third-order valence-corrected chi connectivity index (χ3v) is 3.02. The maximum atomic E-state index is 13.1. The smallest absolute Gasteiger partial charge is 0.408 e. The molecule has 0 aromatic heterocycles. The number of carboxylic acids is 1. The van der Waals surface area contributed by atoms with Crippen LogP contribution in [-0.4, -0.2) is 28.8 Å². The van der Waals surface area contributed by atoms with Gasteiger partial charge in [-0.1, -0.05) is 6.07 Å². The molecule has 0 saturated carbocycles. The summed E-state index contributed by atoms with van der Waals surface area (Å²) < 4.78 is 18.4. The SMILES string of the molecule is CC(C)(C)OC(=O)N[C@@H](Cc1ccc(F)c(Br)c1)C(=O)O. The van der Waals surface area contributed by atoms with Crippen LogP contribution in [0.3, 0.4) is 0 Å². The topological polar surface area (TPSA) is 75.6 Å². The summed E-state index contributed by atoms with van der Waals surface area (Å²) in [6.45, 7) is 5.04. The first-order valence-corrected chi connectivity index (χ1v) is 7.04. The lowest BCUT2D eigenvalue weighted by Gasteiger charge is -2.22. The second-order valence-electron chi connectivity index (χ2n) is 5.49. The van der Waals surface area contributed by atoms with Crippen molar-refractivity contribution in [1.29, 1.82) is 0 Å². The van der Waals surface area contributed by atoms with Crippen LogP contribution in [0.5, 0.6) is 0 Å². The molecule has 2 N–H and O–H groups in total. The van der Waals surface area contributed by atoms with Crippen LogP contribution in [0.4, 0.5) is 9.18 Å². The summed E-state index contributed by atoms with van der Waals surface area (Å²) in [4.78, 5) is 22.8. The molecule has 0 bridgehead atoms. The third-order valence-electron chi connectivity index (χ3n) is 2.41. The van der Waals surface area contributed by atoms with Crippen molar-refractivity contribution in [3.05, 3.63) is 34.1 Å². The Morgan fingerprint density at radius 1 is 1.43 bits per heavy atom. The molecule has 0 heterocycles. The highest BCUT2D eigenvalue weighted by Crippen LogP contribution is 2.18. The van der Waals surface area contributed by atoms with Crippen molar-refractivity contribution in [3.63, 3.8) is 0 Å². The number of halogens is 2. The predicted octanol–water partition coefficient (Wildman–Crippen LogP) is 3.11. The maximum absolute atomic E-state index is 13.1. The van der Waals surface area contributed by atoms with Crippen molar-refractivity contribution in [1.82, 2.24) is 5.32 Å². The summed E-state index contributed by atoms with van der Waals surface area (Å²) in [5, 5.41) is 11.4. The number of hydrogen-bond acceptors (Lipinski definition) is 3. The van der Waals surface area contributed by atoms with Crippen LogP contribution in [-0.2, 0) is 16.0 Å². The quantitative estimate of drug-likeness (QED) is 0.863. The second kappa shape index (κ2) is 6.89. The van der Waals surface area contributed by atoms with Crippen molar-refractivity contribution in [2.24, 2.45) is 0 Å². The fraction of sp³-hybridized carbons (Fsp3) is 0.429. The predicted molar refractivity (Wildman–Crippen MR) is 78.6 cm³/mol.